The summed E-state index contributed by atoms with van der Waals surface area (Å²) in [5, 5.41) is 0. The number of hydrogen-bond acceptors (Lipinski definition) is 4. The average Bonchev–Trinajstić information content (AvgIpc) is 2.53. The SMILES string of the molecule is C=CCNS(=O)(=O)c1ccc(C(=O)N2CCN(C)CC2)cc1. The summed E-state index contributed by atoms with van der Waals surface area (Å²) >= 11 is 0. The third-order valence-corrected chi connectivity index (χ3v) is 5.06. The molecule has 0 aliphatic carbocycles. The van der Waals surface area contributed by atoms with E-state index in [1.165, 1.54) is 18.2 Å². The van der Waals surface area contributed by atoms with Gasteiger partial charge >= 0.3 is 0 Å². The van der Waals surface area contributed by atoms with Crippen LogP contribution in [-0.4, -0.2) is 63.9 Å². The fourth-order valence-electron chi connectivity index (χ4n) is 2.22. The van der Waals surface area contributed by atoms with Gasteiger partial charge in [-0.05, 0) is 31.3 Å². The minimum atomic E-state index is -3.55. The van der Waals surface area contributed by atoms with Crippen LogP contribution in [0.3, 0.4) is 0 Å². The van der Waals surface area contributed by atoms with Crippen LogP contribution < -0.4 is 4.72 Å². The van der Waals surface area contributed by atoms with Crippen molar-refractivity contribution < 1.29 is 13.2 Å². The van der Waals surface area contributed by atoms with E-state index in [1.54, 1.807) is 17.0 Å². The molecule has 7 heteroatoms. The van der Waals surface area contributed by atoms with E-state index >= 15 is 0 Å². The number of benzene rings is 1. The highest BCUT2D eigenvalue weighted by molar-refractivity contribution is 7.89. The fourth-order valence-corrected chi connectivity index (χ4v) is 3.22. The van der Waals surface area contributed by atoms with E-state index in [1.807, 2.05) is 7.05 Å². The molecule has 1 N–H and O–H groups in total. The number of rotatable bonds is 5. The summed E-state index contributed by atoms with van der Waals surface area (Å²) in [4.78, 5) is 16.5. The van der Waals surface area contributed by atoms with Crippen molar-refractivity contribution in [1.82, 2.24) is 14.5 Å². The zero-order valence-electron chi connectivity index (χ0n) is 12.7. The first-order valence-electron chi connectivity index (χ1n) is 7.12. The fraction of sp³-hybridized carbons (Fsp3) is 0.400. The highest BCUT2D eigenvalue weighted by atomic mass is 32.2. The third kappa shape index (κ3) is 3.94. The van der Waals surface area contributed by atoms with Crippen molar-refractivity contribution >= 4 is 15.9 Å². The molecule has 1 heterocycles. The molecular formula is C15H21N3O3S. The molecule has 1 fully saturated rings. The normalized spacial score (nSPS) is 16.5. The molecule has 0 unspecified atom stereocenters. The molecule has 0 radical (unpaired) electrons. The molecular weight excluding hydrogens is 302 g/mol. The Morgan fingerprint density at radius 2 is 1.82 bits per heavy atom. The molecule has 0 bridgehead atoms. The number of carbonyl (C=O) groups excluding carboxylic acids is 1. The summed E-state index contributed by atoms with van der Waals surface area (Å²) < 4.78 is 26.3. The Morgan fingerprint density at radius 1 is 1.23 bits per heavy atom. The van der Waals surface area contributed by atoms with Crippen LogP contribution in [0, 0.1) is 0 Å². The third-order valence-electron chi connectivity index (χ3n) is 3.62. The number of likely N-dealkylation sites (N-methyl/N-ethyl adjacent to an activating group) is 1. The minimum Gasteiger partial charge on any atom is -0.336 e. The Morgan fingerprint density at radius 3 is 2.36 bits per heavy atom. The quantitative estimate of drug-likeness (QED) is 0.803. The van der Waals surface area contributed by atoms with Crippen molar-refractivity contribution in [3.63, 3.8) is 0 Å². The molecule has 0 saturated carbocycles. The van der Waals surface area contributed by atoms with Gasteiger partial charge < -0.3 is 9.80 Å². The largest absolute Gasteiger partial charge is 0.336 e. The zero-order valence-corrected chi connectivity index (χ0v) is 13.5. The van der Waals surface area contributed by atoms with Crippen molar-refractivity contribution in [2.24, 2.45) is 0 Å². The molecule has 0 spiro atoms. The number of nitrogens with zero attached hydrogens (tertiary/aromatic N) is 2. The van der Waals surface area contributed by atoms with Gasteiger partial charge in [-0.3, -0.25) is 4.79 Å². The maximum atomic E-state index is 12.4. The second-order valence-electron chi connectivity index (χ2n) is 5.26. The summed E-state index contributed by atoms with van der Waals surface area (Å²) in [6, 6.07) is 6.02. The first-order chi connectivity index (χ1) is 10.4. The number of piperazine rings is 1. The number of hydrogen-bond donors (Lipinski definition) is 1. The molecule has 22 heavy (non-hydrogen) atoms. The maximum Gasteiger partial charge on any atom is 0.253 e. The summed E-state index contributed by atoms with van der Waals surface area (Å²) in [6.45, 7) is 6.73. The van der Waals surface area contributed by atoms with Crippen LogP contribution in [0.5, 0.6) is 0 Å². The van der Waals surface area contributed by atoms with Crippen molar-refractivity contribution in [3.8, 4) is 0 Å². The Labute approximate surface area is 131 Å². The molecule has 2 rings (SSSR count). The van der Waals surface area contributed by atoms with Crippen LogP contribution in [0.25, 0.3) is 0 Å². The van der Waals surface area contributed by atoms with Gasteiger partial charge in [-0.15, -0.1) is 6.58 Å². The van der Waals surface area contributed by atoms with Crippen molar-refractivity contribution in [3.05, 3.63) is 42.5 Å². The zero-order chi connectivity index (χ0) is 16.2. The smallest absolute Gasteiger partial charge is 0.253 e. The van der Waals surface area contributed by atoms with Gasteiger partial charge in [-0.2, -0.15) is 0 Å². The summed E-state index contributed by atoms with van der Waals surface area (Å²) in [6.07, 6.45) is 1.48. The Bertz CT molecular complexity index is 633. The van der Waals surface area contributed by atoms with Gasteiger partial charge in [0.25, 0.3) is 5.91 Å². The Kier molecular flexibility index (Phi) is 5.33. The van der Waals surface area contributed by atoms with Crippen LogP contribution >= 0.6 is 0 Å². The highest BCUT2D eigenvalue weighted by Gasteiger charge is 2.21. The molecule has 120 valence electrons. The van der Waals surface area contributed by atoms with Gasteiger partial charge in [0.2, 0.25) is 10.0 Å². The lowest BCUT2D eigenvalue weighted by Crippen LogP contribution is -2.47. The molecule has 6 nitrogen and oxygen atoms in total. The number of sulfonamides is 1. The predicted octanol–water partition coefficient (Wildman–Crippen LogP) is 0.539. The molecule has 0 atom stereocenters. The van der Waals surface area contributed by atoms with Gasteiger partial charge in [-0.25, -0.2) is 13.1 Å². The molecule has 1 aromatic rings. The first kappa shape index (κ1) is 16.7. The van der Waals surface area contributed by atoms with E-state index < -0.39 is 10.0 Å². The lowest BCUT2D eigenvalue weighted by molar-refractivity contribution is 0.0664. The van der Waals surface area contributed by atoms with Gasteiger partial charge in [0.1, 0.15) is 0 Å². The molecule has 1 aliphatic rings. The molecule has 1 amide bonds. The van der Waals surface area contributed by atoms with E-state index in [4.69, 9.17) is 0 Å². The summed E-state index contributed by atoms with van der Waals surface area (Å²) in [5.41, 5.74) is 0.507. The van der Waals surface area contributed by atoms with Gasteiger partial charge in [0.15, 0.2) is 0 Å². The topological polar surface area (TPSA) is 69.7 Å². The lowest BCUT2D eigenvalue weighted by atomic mass is 10.2. The van der Waals surface area contributed by atoms with Gasteiger partial charge in [-0.1, -0.05) is 6.08 Å². The van der Waals surface area contributed by atoms with Crippen molar-refractivity contribution in [2.45, 2.75) is 4.90 Å². The van der Waals surface area contributed by atoms with Gasteiger partial charge in [0, 0.05) is 38.3 Å². The number of nitrogens with one attached hydrogen (secondary N) is 1. The molecule has 1 aliphatic heterocycles. The minimum absolute atomic E-state index is 0.0592. The second kappa shape index (κ2) is 7.04. The Hall–Kier alpha value is -1.70. The van der Waals surface area contributed by atoms with E-state index in [0.717, 1.165) is 13.1 Å². The van der Waals surface area contributed by atoms with Crippen LogP contribution in [0.2, 0.25) is 0 Å². The molecule has 0 aromatic heterocycles. The van der Waals surface area contributed by atoms with Crippen LogP contribution in [0.15, 0.2) is 41.8 Å². The summed E-state index contributed by atoms with van der Waals surface area (Å²) in [7, 11) is -1.52. The monoisotopic (exact) mass is 323 g/mol. The van der Waals surface area contributed by atoms with Crippen LogP contribution in [-0.2, 0) is 10.0 Å². The van der Waals surface area contributed by atoms with Crippen molar-refractivity contribution in [1.29, 1.82) is 0 Å². The first-order valence-corrected chi connectivity index (χ1v) is 8.61. The molecule has 1 aromatic carbocycles. The number of amides is 1. The van der Waals surface area contributed by atoms with Crippen LogP contribution in [0.4, 0.5) is 0 Å². The summed E-state index contributed by atoms with van der Waals surface area (Å²) in [5.74, 6) is -0.0592. The van der Waals surface area contributed by atoms with E-state index in [0.29, 0.717) is 18.7 Å². The lowest BCUT2D eigenvalue weighted by Gasteiger charge is -2.32. The standard InChI is InChI=1S/C15H21N3O3S/c1-3-8-16-22(20,21)14-6-4-13(5-7-14)15(19)18-11-9-17(2)10-12-18/h3-7,16H,1,8-12H2,2H3. The van der Waals surface area contributed by atoms with E-state index in [-0.39, 0.29) is 17.3 Å². The second-order valence-corrected chi connectivity index (χ2v) is 7.03. The number of carbonyl (C=O) groups is 1. The molecule has 1 saturated heterocycles. The van der Waals surface area contributed by atoms with E-state index in [9.17, 15) is 13.2 Å². The van der Waals surface area contributed by atoms with Crippen LogP contribution in [0.1, 0.15) is 10.4 Å². The Balaban J connectivity index is 2.08. The average molecular weight is 323 g/mol. The van der Waals surface area contributed by atoms with Gasteiger partial charge in [0.05, 0.1) is 4.90 Å². The highest BCUT2D eigenvalue weighted by Crippen LogP contribution is 2.13. The van der Waals surface area contributed by atoms with Crippen molar-refractivity contribution in [2.75, 3.05) is 39.8 Å². The predicted molar refractivity (Wildman–Crippen MR) is 85.2 cm³/mol. The maximum absolute atomic E-state index is 12.4. The van der Waals surface area contributed by atoms with E-state index in [2.05, 4.69) is 16.2 Å².